The summed E-state index contributed by atoms with van der Waals surface area (Å²) >= 11 is 0. The van der Waals surface area contributed by atoms with Gasteiger partial charge in [-0.25, -0.2) is 0 Å². The van der Waals surface area contributed by atoms with E-state index < -0.39 is 0 Å². The van der Waals surface area contributed by atoms with Crippen LogP contribution in [-0.4, -0.2) is 13.0 Å². The third kappa shape index (κ3) is 5.43. The van der Waals surface area contributed by atoms with Gasteiger partial charge in [0, 0.05) is 6.54 Å². The van der Waals surface area contributed by atoms with Crippen molar-refractivity contribution in [2.24, 2.45) is 0 Å². The van der Waals surface area contributed by atoms with Gasteiger partial charge in [-0.05, 0) is 6.42 Å². The average Bonchev–Trinajstić information content (AvgIpc) is 1.69. The molecule has 0 aliphatic heterocycles. The van der Waals surface area contributed by atoms with E-state index in [0.717, 1.165) is 13.0 Å². The summed E-state index contributed by atoms with van der Waals surface area (Å²) in [5.41, 5.74) is 2.42. The second kappa shape index (κ2) is 5.43. The number of hydrogen-bond acceptors (Lipinski definition) is 3. The van der Waals surface area contributed by atoms with Crippen LogP contribution >= 0.6 is 0 Å². The van der Waals surface area contributed by atoms with Crippen molar-refractivity contribution in [3.63, 3.8) is 0 Å². The largest absolute Gasteiger partial charge is 0.374 e. The minimum Gasteiger partial charge on any atom is -0.374 e. The number of carbonyl (C=O) groups excluding carboxylic acids is 1. The van der Waals surface area contributed by atoms with Crippen LogP contribution in [0.25, 0.3) is 0 Å². The molecule has 0 amide bonds. The van der Waals surface area contributed by atoms with Crippen LogP contribution < -0.4 is 5.48 Å². The van der Waals surface area contributed by atoms with Crippen LogP contribution in [-0.2, 0) is 9.63 Å². The van der Waals surface area contributed by atoms with Gasteiger partial charge in [-0.2, -0.15) is 5.48 Å². The Labute approximate surface area is 42.6 Å². The van der Waals surface area contributed by atoms with Gasteiger partial charge in [0.15, 0.2) is 0 Å². The van der Waals surface area contributed by atoms with Gasteiger partial charge in [-0.15, -0.1) is 0 Å². The van der Waals surface area contributed by atoms with Crippen molar-refractivity contribution in [2.45, 2.75) is 13.3 Å². The monoisotopic (exact) mass is 103 g/mol. The molecular formula is C4H9NO2. The number of nitrogens with one attached hydrogen (secondary N) is 1. The van der Waals surface area contributed by atoms with E-state index >= 15 is 0 Å². The van der Waals surface area contributed by atoms with E-state index in [4.69, 9.17) is 0 Å². The summed E-state index contributed by atoms with van der Waals surface area (Å²) < 4.78 is 0. The molecule has 0 spiro atoms. The zero-order chi connectivity index (χ0) is 5.54. The quantitative estimate of drug-likeness (QED) is 0.311. The first-order chi connectivity index (χ1) is 3.41. The van der Waals surface area contributed by atoms with Crippen molar-refractivity contribution in [1.29, 1.82) is 0 Å². The highest BCUT2D eigenvalue weighted by atomic mass is 16.7. The van der Waals surface area contributed by atoms with Gasteiger partial charge in [-0.3, -0.25) is 4.79 Å². The summed E-state index contributed by atoms with van der Waals surface area (Å²) in [5.74, 6) is 0. The van der Waals surface area contributed by atoms with Crippen LogP contribution in [0.15, 0.2) is 0 Å². The molecule has 7 heavy (non-hydrogen) atoms. The molecule has 1 N–H and O–H groups in total. The molecule has 0 aliphatic carbocycles. The fourth-order valence-corrected chi connectivity index (χ4v) is 0.195. The molecule has 0 atom stereocenters. The number of carbonyl (C=O) groups is 1. The maximum absolute atomic E-state index is 9.39. The lowest BCUT2D eigenvalue weighted by Crippen LogP contribution is -2.13. The number of hydrogen-bond donors (Lipinski definition) is 1. The van der Waals surface area contributed by atoms with Crippen molar-refractivity contribution >= 4 is 6.47 Å². The Kier molecular flexibility index (Phi) is 4.99. The summed E-state index contributed by atoms with van der Waals surface area (Å²) in [6.45, 7) is 3.08. The highest BCUT2D eigenvalue weighted by Gasteiger charge is 1.75. The first-order valence-corrected chi connectivity index (χ1v) is 2.24. The Morgan fingerprint density at radius 3 is 3.00 bits per heavy atom. The maximum Gasteiger partial charge on any atom is 0.312 e. The Morgan fingerprint density at radius 2 is 2.57 bits per heavy atom. The molecular weight excluding hydrogens is 94.0 g/mol. The van der Waals surface area contributed by atoms with Gasteiger partial charge in [-0.1, -0.05) is 6.92 Å². The van der Waals surface area contributed by atoms with Crippen LogP contribution in [0.3, 0.4) is 0 Å². The van der Waals surface area contributed by atoms with Crippen molar-refractivity contribution < 1.29 is 9.63 Å². The van der Waals surface area contributed by atoms with Gasteiger partial charge < -0.3 is 4.84 Å². The van der Waals surface area contributed by atoms with Crippen LogP contribution in [0.1, 0.15) is 13.3 Å². The molecule has 0 unspecified atom stereocenters. The standard InChI is InChI=1S/C4H9NO2/c1-2-3-5-7-4-6/h4-5H,2-3H2,1H3. The number of rotatable bonds is 4. The lowest BCUT2D eigenvalue weighted by molar-refractivity contribution is -0.135. The third-order valence-corrected chi connectivity index (χ3v) is 0.484. The predicted molar refractivity (Wildman–Crippen MR) is 25.4 cm³/mol. The van der Waals surface area contributed by atoms with E-state index in [-0.39, 0.29) is 0 Å². The Morgan fingerprint density at radius 1 is 1.86 bits per heavy atom. The van der Waals surface area contributed by atoms with Crippen LogP contribution in [0.5, 0.6) is 0 Å². The van der Waals surface area contributed by atoms with Crippen LogP contribution in [0.2, 0.25) is 0 Å². The smallest absolute Gasteiger partial charge is 0.312 e. The Bertz CT molecular complexity index is 47.0. The minimum atomic E-state index is 0.371. The topological polar surface area (TPSA) is 38.3 Å². The van der Waals surface area contributed by atoms with Gasteiger partial charge in [0.1, 0.15) is 0 Å². The van der Waals surface area contributed by atoms with E-state index in [9.17, 15) is 4.79 Å². The van der Waals surface area contributed by atoms with Crippen LogP contribution in [0.4, 0.5) is 0 Å². The summed E-state index contributed by atoms with van der Waals surface area (Å²) in [6.07, 6.45) is 0.966. The molecule has 0 aromatic heterocycles. The maximum atomic E-state index is 9.39. The summed E-state index contributed by atoms with van der Waals surface area (Å²) in [7, 11) is 0. The summed E-state index contributed by atoms with van der Waals surface area (Å²) in [6, 6.07) is 0. The van der Waals surface area contributed by atoms with E-state index in [1.165, 1.54) is 0 Å². The Balaban J connectivity index is 2.56. The van der Waals surface area contributed by atoms with Gasteiger partial charge in [0.2, 0.25) is 0 Å². The predicted octanol–water partition coefficient (Wildman–Crippen LogP) is 0.0740. The molecule has 0 saturated carbocycles. The van der Waals surface area contributed by atoms with Gasteiger partial charge in [0.05, 0.1) is 0 Å². The molecule has 0 radical (unpaired) electrons. The minimum absolute atomic E-state index is 0.371. The second-order valence-electron chi connectivity index (χ2n) is 1.11. The summed E-state index contributed by atoms with van der Waals surface area (Å²) in [4.78, 5) is 13.5. The van der Waals surface area contributed by atoms with Crippen LogP contribution in [0, 0.1) is 0 Å². The molecule has 0 aromatic rings. The molecule has 0 rings (SSSR count). The molecule has 0 fully saturated rings. The lowest BCUT2D eigenvalue weighted by Gasteiger charge is -1.93. The third-order valence-electron chi connectivity index (χ3n) is 0.484. The van der Waals surface area contributed by atoms with Crippen molar-refractivity contribution in [1.82, 2.24) is 5.48 Å². The first kappa shape index (κ1) is 6.43. The molecule has 0 saturated heterocycles. The average molecular weight is 103 g/mol. The number of hydroxylamine groups is 1. The fraction of sp³-hybridized carbons (Fsp3) is 0.750. The molecule has 42 valence electrons. The first-order valence-electron chi connectivity index (χ1n) is 2.24. The SMILES string of the molecule is CCCNOC=O. The second-order valence-corrected chi connectivity index (χ2v) is 1.11. The molecule has 0 bridgehead atoms. The molecule has 3 heteroatoms. The highest BCUT2D eigenvalue weighted by molar-refractivity contribution is 5.36. The van der Waals surface area contributed by atoms with E-state index in [1.54, 1.807) is 0 Å². The molecule has 0 aliphatic rings. The Hall–Kier alpha value is -0.570. The fourth-order valence-electron chi connectivity index (χ4n) is 0.195. The van der Waals surface area contributed by atoms with Crippen molar-refractivity contribution in [3.05, 3.63) is 0 Å². The van der Waals surface area contributed by atoms with Gasteiger partial charge in [0.25, 0.3) is 0 Å². The van der Waals surface area contributed by atoms with E-state index in [0.29, 0.717) is 6.47 Å². The van der Waals surface area contributed by atoms with Crippen molar-refractivity contribution in [2.75, 3.05) is 6.54 Å². The van der Waals surface area contributed by atoms with E-state index in [1.807, 2.05) is 6.92 Å². The lowest BCUT2D eigenvalue weighted by atomic mass is 10.5. The highest BCUT2D eigenvalue weighted by Crippen LogP contribution is 1.66. The van der Waals surface area contributed by atoms with Crippen molar-refractivity contribution in [3.8, 4) is 0 Å². The molecule has 3 nitrogen and oxygen atoms in total. The molecule has 0 aromatic carbocycles. The zero-order valence-electron chi connectivity index (χ0n) is 4.31. The summed E-state index contributed by atoms with van der Waals surface area (Å²) in [5, 5.41) is 0. The molecule has 0 heterocycles. The zero-order valence-corrected chi connectivity index (χ0v) is 4.31. The van der Waals surface area contributed by atoms with Gasteiger partial charge >= 0.3 is 6.47 Å². The normalized spacial score (nSPS) is 8.14. The van der Waals surface area contributed by atoms with E-state index in [2.05, 4.69) is 10.3 Å².